The van der Waals surface area contributed by atoms with Gasteiger partial charge in [0.15, 0.2) is 0 Å². The molecule has 1 aromatic rings. The lowest BCUT2D eigenvalue weighted by Crippen LogP contribution is -2.43. The van der Waals surface area contributed by atoms with Crippen molar-refractivity contribution in [2.24, 2.45) is 0 Å². The second-order valence-corrected chi connectivity index (χ2v) is 6.51. The fourth-order valence-corrected chi connectivity index (χ4v) is 3.16. The average Bonchev–Trinajstić information content (AvgIpc) is 2.64. The highest BCUT2D eigenvalue weighted by molar-refractivity contribution is 7.09. The Morgan fingerprint density at radius 3 is 2.68 bits per heavy atom. The van der Waals surface area contributed by atoms with Gasteiger partial charge in [0.25, 0.3) is 0 Å². The molecule has 1 aliphatic rings. The molecular formula is C14H22N2O2S. The Morgan fingerprint density at radius 1 is 1.42 bits per heavy atom. The number of hydrogen-bond donors (Lipinski definition) is 2. The minimum atomic E-state index is -0.704. The van der Waals surface area contributed by atoms with E-state index in [9.17, 15) is 9.90 Å². The molecule has 0 saturated heterocycles. The van der Waals surface area contributed by atoms with E-state index >= 15 is 0 Å². The molecule has 0 aromatic carbocycles. The Labute approximate surface area is 118 Å². The van der Waals surface area contributed by atoms with Crippen molar-refractivity contribution in [1.82, 2.24) is 10.3 Å². The minimum Gasteiger partial charge on any atom is -0.388 e. The number of aromatic nitrogens is 1. The van der Waals surface area contributed by atoms with Crippen LogP contribution in [0.15, 0.2) is 5.38 Å². The van der Waals surface area contributed by atoms with Crippen molar-refractivity contribution in [3.8, 4) is 0 Å². The van der Waals surface area contributed by atoms with Gasteiger partial charge in [-0.2, -0.15) is 0 Å². The van der Waals surface area contributed by atoms with Crippen LogP contribution in [0.4, 0.5) is 0 Å². The SMILES string of the molecule is Cc1nc(CC(=O)NCC2(O)CCCCCC2)cs1. The van der Waals surface area contributed by atoms with Gasteiger partial charge < -0.3 is 10.4 Å². The van der Waals surface area contributed by atoms with Gasteiger partial charge in [-0.05, 0) is 19.8 Å². The standard InChI is InChI=1S/C14H22N2O2S/c1-11-16-12(9-19-11)8-13(17)15-10-14(18)6-4-2-3-5-7-14/h9,18H,2-8,10H2,1H3,(H,15,17). The molecule has 19 heavy (non-hydrogen) atoms. The van der Waals surface area contributed by atoms with Crippen LogP contribution < -0.4 is 5.32 Å². The first-order valence-electron chi connectivity index (χ1n) is 6.97. The van der Waals surface area contributed by atoms with Crippen molar-refractivity contribution in [1.29, 1.82) is 0 Å². The van der Waals surface area contributed by atoms with E-state index in [1.807, 2.05) is 12.3 Å². The van der Waals surface area contributed by atoms with Gasteiger partial charge >= 0.3 is 0 Å². The van der Waals surface area contributed by atoms with Crippen molar-refractivity contribution in [2.45, 2.75) is 57.5 Å². The molecule has 1 aromatic heterocycles. The number of nitrogens with one attached hydrogen (secondary N) is 1. The van der Waals surface area contributed by atoms with Gasteiger partial charge in [-0.3, -0.25) is 4.79 Å². The minimum absolute atomic E-state index is 0.0528. The lowest BCUT2D eigenvalue weighted by molar-refractivity contribution is -0.121. The van der Waals surface area contributed by atoms with Crippen molar-refractivity contribution >= 4 is 17.2 Å². The van der Waals surface area contributed by atoms with E-state index in [2.05, 4.69) is 10.3 Å². The molecule has 1 fully saturated rings. The second kappa shape index (κ2) is 6.48. The van der Waals surface area contributed by atoms with Crippen LogP contribution in [0.5, 0.6) is 0 Å². The zero-order valence-corrected chi connectivity index (χ0v) is 12.3. The molecule has 1 saturated carbocycles. The highest BCUT2D eigenvalue weighted by atomic mass is 32.1. The molecule has 2 N–H and O–H groups in total. The maximum absolute atomic E-state index is 11.8. The van der Waals surface area contributed by atoms with E-state index in [1.165, 1.54) is 12.8 Å². The zero-order chi connectivity index (χ0) is 13.7. The summed E-state index contributed by atoms with van der Waals surface area (Å²) >= 11 is 1.55. The lowest BCUT2D eigenvalue weighted by atomic mass is 9.94. The van der Waals surface area contributed by atoms with Gasteiger partial charge in [0.2, 0.25) is 5.91 Å². The quantitative estimate of drug-likeness (QED) is 0.832. The van der Waals surface area contributed by atoms with Crippen LogP contribution in [0.2, 0.25) is 0 Å². The Morgan fingerprint density at radius 2 is 2.11 bits per heavy atom. The Hall–Kier alpha value is -0.940. The monoisotopic (exact) mass is 282 g/mol. The van der Waals surface area contributed by atoms with E-state index in [0.717, 1.165) is 36.4 Å². The summed E-state index contributed by atoms with van der Waals surface area (Å²) in [6.45, 7) is 2.30. The molecule has 0 atom stereocenters. The van der Waals surface area contributed by atoms with Crippen molar-refractivity contribution < 1.29 is 9.90 Å². The molecule has 0 aliphatic heterocycles. The molecule has 4 nitrogen and oxygen atoms in total. The van der Waals surface area contributed by atoms with Crippen LogP contribution in [-0.4, -0.2) is 28.1 Å². The van der Waals surface area contributed by atoms with E-state index in [0.29, 0.717) is 13.0 Å². The smallest absolute Gasteiger partial charge is 0.226 e. The van der Waals surface area contributed by atoms with Gasteiger partial charge in [-0.25, -0.2) is 4.98 Å². The van der Waals surface area contributed by atoms with Crippen LogP contribution in [0.3, 0.4) is 0 Å². The summed E-state index contributed by atoms with van der Waals surface area (Å²) in [7, 11) is 0. The predicted molar refractivity (Wildman–Crippen MR) is 76.2 cm³/mol. The maximum Gasteiger partial charge on any atom is 0.226 e. The Kier molecular flexibility index (Phi) is 4.93. The van der Waals surface area contributed by atoms with Gasteiger partial charge in [0, 0.05) is 11.9 Å². The van der Waals surface area contributed by atoms with E-state index in [1.54, 1.807) is 11.3 Å². The fraction of sp³-hybridized carbons (Fsp3) is 0.714. The first-order valence-corrected chi connectivity index (χ1v) is 7.85. The van der Waals surface area contributed by atoms with Crippen LogP contribution in [0.25, 0.3) is 0 Å². The van der Waals surface area contributed by atoms with Gasteiger partial charge in [0.1, 0.15) is 0 Å². The number of aliphatic hydroxyl groups is 1. The lowest BCUT2D eigenvalue weighted by Gasteiger charge is -2.26. The summed E-state index contributed by atoms with van der Waals surface area (Å²) in [6, 6.07) is 0. The summed E-state index contributed by atoms with van der Waals surface area (Å²) in [5.41, 5.74) is 0.109. The molecule has 0 spiro atoms. The molecule has 2 rings (SSSR count). The second-order valence-electron chi connectivity index (χ2n) is 5.45. The van der Waals surface area contributed by atoms with E-state index < -0.39 is 5.60 Å². The largest absolute Gasteiger partial charge is 0.388 e. The van der Waals surface area contributed by atoms with E-state index in [-0.39, 0.29) is 5.91 Å². The molecule has 1 amide bonds. The number of carbonyl (C=O) groups excluding carboxylic acids is 1. The molecule has 1 aliphatic carbocycles. The van der Waals surface area contributed by atoms with Crippen LogP contribution >= 0.6 is 11.3 Å². The molecular weight excluding hydrogens is 260 g/mol. The molecule has 0 radical (unpaired) electrons. The molecule has 0 unspecified atom stereocenters. The van der Waals surface area contributed by atoms with Crippen molar-refractivity contribution in [3.05, 3.63) is 16.1 Å². The third kappa shape index (κ3) is 4.58. The molecule has 0 bridgehead atoms. The maximum atomic E-state index is 11.8. The first kappa shape index (κ1) is 14.5. The number of carbonyl (C=O) groups is 1. The number of rotatable bonds is 4. The zero-order valence-electron chi connectivity index (χ0n) is 11.4. The molecule has 1 heterocycles. The highest BCUT2D eigenvalue weighted by Crippen LogP contribution is 2.26. The van der Waals surface area contributed by atoms with Gasteiger partial charge in [0.05, 0.1) is 22.7 Å². The third-order valence-corrected chi connectivity index (χ3v) is 4.48. The Balaban J connectivity index is 1.79. The third-order valence-electron chi connectivity index (χ3n) is 3.66. The molecule has 5 heteroatoms. The summed E-state index contributed by atoms with van der Waals surface area (Å²) < 4.78 is 0. The van der Waals surface area contributed by atoms with Crippen molar-refractivity contribution in [3.63, 3.8) is 0 Å². The highest BCUT2D eigenvalue weighted by Gasteiger charge is 2.28. The predicted octanol–water partition coefficient (Wildman–Crippen LogP) is 2.20. The van der Waals surface area contributed by atoms with Crippen molar-refractivity contribution in [2.75, 3.05) is 6.54 Å². The Bertz CT molecular complexity index is 423. The average molecular weight is 282 g/mol. The van der Waals surface area contributed by atoms with Crippen LogP contribution in [0, 0.1) is 6.92 Å². The number of nitrogens with zero attached hydrogens (tertiary/aromatic N) is 1. The number of aryl methyl sites for hydroxylation is 1. The summed E-state index contributed by atoms with van der Waals surface area (Å²) in [5.74, 6) is -0.0528. The summed E-state index contributed by atoms with van der Waals surface area (Å²) in [4.78, 5) is 16.1. The molecule has 106 valence electrons. The number of amides is 1. The normalized spacial score (nSPS) is 18.8. The fourth-order valence-electron chi connectivity index (χ4n) is 2.54. The summed E-state index contributed by atoms with van der Waals surface area (Å²) in [6.07, 6.45) is 6.38. The van der Waals surface area contributed by atoms with Gasteiger partial charge in [-0.15, -0.1) is 11.3 Å². The van der Waals surface area contributed by atoms with Crippen LogP contribution in [-0.2, 0) is 11.2 Å². The van der Waals surface area contributed by atoms with E-state index in [4.69, 9.17) is 0 Å². The first-order chi connectivity index (χ1) is 9.07. The van der Waals surface area contributed by atoms with Crippen LogP contribution in [0.1, 0.15) is 49.2 Å². The van der Waals surface area contributed by atoms with Gasteiger partial charge in [-0.1, -0.05) is 25.7 Å². The number of hydrogen-bond acceptors (Lipinski definition) is 4. The number of thiazole rings is 1. The topological polar surface area (TPSA) is 62.2 Å². The summed E-state index contributed by atoms with van der Waals surface area (Å²) in [5, 5.41) is 16.2.